The molecule has 0 aliphatic heterocycles. The van der Waals surface area contributed by atoms with Crippen molar-refractivity contribution in [3.63, 3.8) is 0 Å². The van der Waals surface area contributed by atoms with Crippen molar-refractivity contribution >= 4 is 24.4 Å². The normalized spacial score (nSPS) is 10.9. The monoisotopic (exact) mass is 231 g/mol. The topological polar surface area (TPSA) is 31.9 Å². The summed E-state index contributed by atoms with van der Waals surface area (Å²) in [6.45, 7) is 3.83. The Morgan fingerprint density at radius 2 is 1.57 bits per heavy atom. The molecule has 0 aromatic carbocycles. The Kier molecular flexibility index (Phi) is 3.06. The van der Waals surface area contributed by atoms with Crippen LogP contribution >= 0.6 is 24.4 Å². The molecule has 1 rings (SSSR count). The van der Waals surface area contributed by atoms with E-state index in [0.717, 1.165) is 0 Å². The summed E-state index contributed by atoms with van der Waals surface area (Å²) in [4.78, 5) is 11.8. The molecule has 0 saturated carbocycles. The van der Waals surface area contributed by atoms with Gasteiger partial charge in [-0.1, -0.05) is 0 Å². The van der Waals surface area contributed by atoms with Crippen LogP contribution in [0.1, 0.15) is 19.9 Å². The van der Waals surface area contributed by atoms with Gasteiger partial charge in [0.25, 0.3) is 0 Å². The summed E-state index contributed by atoms with van der Waals surface area (Å²) in [6, 6.07) is 0.0444. The van der Waals surface area contributed by atoms with Crippen LogP contribution in [0.15, 0.2) is 4.79 Å². The predicted molar refractivity (Wildman–Crippen MR) is 60.7 cm³/mol. The van der Waals surface area contributed by atoms with Crippen molar-refractivity contribution in [3.05, 3.63) is 20.0 Å². The fraction of sp³-hybridized carbons (Fsp3) is 0.625. The van der Waals surface area contributed by atoms with E-state index in [4.69, 9.17) is 24.4 Å². The smallest absolute Gasteiger partial charge is 0.298 e. The first kappa shape index (κ1) is 11.3. The van der Waals surface area contributed by atoms with E-state index in [1.165, 1.54) is 4.57 Å². The molecule has 1 heterocycles. The molecule has 0 N–H and O–H groups in total. The van der Waals surface area contributed by atoms with Gasteiger partial charge in [0.2, 0.25) is 0 Å². The summed E-state index contributed by atoms with van der Waals surface area (Å²) in [7, 11) is 3.42. The molecule has 1 aromatic heterocycles. The van der Waals surface area contributed by atoms with Crippen molar-refractivity contribution in [2.75, 3.05) is 0 Å². The second-order valence-electron chi connectivity index (χ2n) is 3.43. The Morgan fingerprint density at radius 1 is 1.07 bits per heavy atom. The van der Waals surface area contributed by atoms with Crippen LogP contribution in [0.4, 0.5) is 0 Å². The molecule has 0 bridgehead atoms. The van der Waals surface area contributed by atoms with Crippen LogP contribution in [-0.4, -0.2) is 13.7 Å². The third-order valence-corrected chi connectivity index (χ3v) is 3.09. The molecule has 0 atom stereocenters. The third kappa shape index (κ3) is 1.59. The van der Waals surface area contributed by atoms with Crippen LogP contribution in [0.5, 0.6) is 0 Å². The molecule has 0 amide bonds. The molecule has 1 aromatic rings. The lowest BCUT2D eigenvalue weighted by Crippen LogP contribution is -2.34. The first-order valence-corrected chi connectivity index (χ1v) is 5.08. The van der Waals surface area contributed by atoms with Gasteiger partial charge in [-0.2, -0.15) is 0 Å². The van der Waals surface area contributed by atoms with Crippen molar-refractivity contribution in [2.45, 2.75) is 19.9 Å². The first-order valence-electron chi connectivity index (χ1n) is 4.26. The van der Waals surface area contributed by atoms with Crippen molar-refractivity contribution < 1.29 is 0 Å². The third-order valence-electron chi connectivity index (χ3n) is 2.08. The van der Waals surface area contributed by atoms with Crippen LogP contribution in [0.2, 0.25) is 0 Å². The van der Waals surface area contributed by atoms with E-state index in [0.29, 0.717) is 9.54 Å². The maximum atomic E-state index is 11.8. The Bertz CT molecular complexity index is 481. The van der Waals surface area contributed by atoms with Gasteiger partial charge in [0.15, 0.2) is 9.54 Å². The number of nitrogens with zero attached hydrogens (tertiary/aromatic N) is 3. The molecule has 78 valence electrons. The van der Waals surface area contributed by atoms with Crippen LogP contribution in [0.25, 0.3) is 0 Å². The SMILES string of the molecule is CC(C)n1c(=O)n(C)c(=S)n(C)c1=S. The van der Waals surface area contributed by atoms with E-state index in [2.05, 4.69) is 0 Å². The van der Waals surface area contributed by atoms with Crippen molar-refractivity contribution in [3.8, 4) is 0 Å². The summed E-state index contributed by atoms with van der Waals surface area (Å²) >= 11 is 10.2. The van der Waals surface area contributed by atoms with Crippen molar-refractivity contribution in [1.82, 2.24) is 13.7 Å². The lowest BCUT2D eigenvalue weighted by atomic mass is 10.4. The number of aromatic nitrogens is 3. The lowest BCUT2D eigenvalue weighted by molar-refractivity contribution is 0.483. The summed E-state index contributed by atoms with van der Waals surface area (Å²) < 4.78 is 5.53. The minimum atomic E-state index is -0.159. The minimum absolute atomic E-state index is 0.0444. The lowest BCUT2D eigenvalue weighted by Gasteiger charge is -2.14. The van der Waals surface area contributed by atoms with Crippen LogP contribution in [0.3, 0.4) is 0 Å². The van der Waals surface area contributed by atoms with E-state index < -0.39 is 0 Å². The molecule has 6 heteroatoms. The zero-order valence-electron chi connectivity index (χ0n) is 8.64. The molecular weight excluding hydrogens is 218 g/mol. The van der Waals surface area contributed by atoms with E-state index in [1.54, 1.807) is 23.2 Å². The number of hydrogen-bond acceptors (Lipinski definition) is 3. The highest BCUT2D eigenvalue weighted by molar-refractivity contribution is 7.71. The quantitative estimate of drug-likeness (QED) is 0.688. The number of rotatable bonds is 1. The van der Waals surface area contributed by atoms with E-state index in [1.807, 2.05) is 13.8 Å². The molecular formula is C8H13N3OS2. The van der Waals surface area contributed by atoms with Gasteiger partial charge >= 0.3 is 5.69 Å². The molecule has 0 saturated heterocycles. The molecule has 0 radical (unpaired) electrons. The largest absolute Gasteiger partial charge is 0.332 e. The maximum absolute atomic E-state index is 11.8. The van der Waals surface area contributed by atoms with Gasteiger partial charge in [-0.05, 0) is 38.3 Å². The average Bonchev–Trinajstić information content (AvgIpc) is 2.11. The molecule has 0 spiro atoms. The maximum Gasteiger partial charge on any atom is 0.332 e. The zero-order chi connectivity index (χ0) is 11.0. The summed E-state index contributed by atoms with van der Waals surface area (Å²) in [6.07, 6.45) is 0. The van der Waals surface area contributed by atoms with Gasteiger partial charge in [0.1, 0.15) is 0 Å². The zero-order valence-corrected chi connectivity index (χ0v) is 10.3. The van der Waals surface area contributed by atoms with Gasteiger partial charge in [-0.15, -0.1) is 0 Å². The fourth-order valence-corrected chi connectivity index (χ4v) is 1.83. The minimum Gasteiger partial charge on any atom is -0.298 e. The Balaban J connectivity index is 3.89. The highest BCUT2D eigenvalue weighted by Gasteiger charge is 2.07. The number of hydrogen-bond donors (Lipinski definition) is 0. The van der Waals surface area contributed by atoms with Gasteiger partial charge in [-0.25, -0.2) is 4.79 Å². The van der Waals surface area contributed by atoms with E-state index in [-0.39, 0.29) is 11.7 Å². The van der Waals surface area contributed by atoms with Gasteiger partial charge < -0.3 is 0 Å². The van der Waals surface area contributed by atoms with Gasteiger partial charge in [0, 0.05) is 20.1 Å². The Hall–Kier alpha value is -0.750. The average molecular weight is 231 g/mol. The first-order chi connectivity index (χ1) is 6.37. The van der Waals surface area contributed by atoms with Gasteiger partial charge in [-0.3, -0.25) is 13.7 Å². The van der Waals surface area contributed by atoms with E-state index >= 15 is 0 Å². The predicted octanol–water partition coefficient (Wildman–Crippen LogP) is 1.57. The molecule has 0 unspecified atom stereocenters. The van der Waals surface area contributed by atoms with E-state index in [9.17, 15) is 4.79 Å². The van der Waals surface area contributed by atoms with Crippen LogP contribution in [0, 0.1) is 9.54 Å². The summed E-state index contributed by atoms with van der Waals surface area (Å²) in [5.41, 5.74) is -0.159. The second kappa shape index (κ2) is 3.78. The highest BCUT2D eigenvalue weighted by Crippen LogP contribution is 2.01. The molecule has 0 aliphatic rings. The molecule has 0 aliphatic carbocycles. The fourth-order valence-electron chi connectivity index (χ4n) is 1.24. The summed E-state index contributed by atoms with van der Waals surface area (Å²) in [5, 5.41) is 0. The second-order valence-corrected chi connectivity index (χ2v) is 4.16. The molecule has 0 fully saturated rings. The molecule has 4 nitrogen and oxygen atoms in total. The van der Waals surface area contributed by atoms with Crippen molar-refractivity contribution in [2.24, 2.45) is 14.1 Å². The van der Waals surface area contributed by atoms with Gasteiger partial charge in [0.05, 0.1) is 0 Å². The Morgan fingerprint density at radius 3 is 2.00 bits per heavy atom. The van der Waals surface area contributed by atoms with Crippen LogP contribution < -0.4 is 5.69 Å². The highest BCUT2D eigenvalue weighted by atomic mass is 32.1. The molecule has 14 heavy (non-hydrogen) atoms. The summed E-state index contributed by atoms with van der Waals surface area (Å²) in [5.74, 6) is 0. The Labute approximate surface area is 92.4 Å². The van der Waals surface area contributed by atoms with Crippen LogP contribution in [-0.2, 0) is 14.1 Å². The van der Waals surface area contributed by atoms with Crippen molar-refractivity contribution in [1.29, 1.82) is 0 Å². The standard InChI is InChI=1S/C8H13N3OS2/c1-5(2)11-6(12)9(3)7(13)10(4)8(11)14/h5H,1-4H3.